The first-order valence-electron chi connectivity index (χ1n) is 17.3. The van der Waals surface area contributed by atoms with Gasteiger partial charge in [-0.2, -0.15) is 0 Å². The van der Waals surface area contributed by atoms with E-state index in [0.29, 0.717) is 34.6 Å². The lowest BCUT2D eigenvalue weighted by Gasteiger charge is -2.38. The average Bonchev–Trinajstić information content (AvgIpc) is 3.05. The van der Waals surface area contributed by atoms with Crippen molar-refractivity contribution in [3.63, 3.8) is 0 Å². The molecule has 4 aromatic rings. The fourth-order valence-corrected chi connectivity index (χ4v) is 6.39. The van der Waals surface area contributed by atoms with Crippen molar-refractivity contribution in [3.8, 4) is 23.0 Å². The van der Waals surface area contributed by atoms with Crippen LogP contribution in [0.5, 0.6) is 23.0 Å². The quantitative estimate of drug-likeness (QED) is 0.163. The molecule has 2 N–H and O–H groups in total. The maximum atomic E-state index is 13.8. The van der Waals surface area contributed by atoms with Crippen molar-refractivity contribution < 1.29 is 24.4 Å². The van der Waals surface area contributed by atoms with Crippen LogP contribution in [0, 0.1) is 6.92 Å². The van der Waals surface area contributed by atoms with Gasteiger partial charge in [0.25, 0.3) is 0 Å². The summed E-state index contributed by atoms with van der Waals surface area (Å²) in [6.07, 6.45) is 2.05. The van der Waals surface area contributed by atoms with Crippen LogP contribution in [0.3, 0.4) is 0 Å². The predicted molar refractivity (Wildman–Crippen MR) is 206 cm³/mol. The van der Waals surface area contributed by atoms with Crippen molar-refractivity contribution >= 4 is 6.21 Å². The number of nitrogens with zero attached hydrogens (tertiary/aromatic N) is 1. The number of aromatic hydroxyl groups is 1. The Morgan fingerprint density at radius 3 is 1.56 bits per heavy atom. The topological polar surface area (TPSA) is 80.5 Å². The van der Waals surface area contributed by atoms with Gasteiger partial charge in [0.05, 0.1) is 27.4 Å². The van der Waals surface area contributed by atoms with Gasteiger partial charge < -0.3 is 24.4 Å². The summed E-state index contributed by atoms with van der Waals surface area (Å²) in [5.74, 6) is 1.99. The van der Waals surface area contributed by atoms with Gasteiger partial charge in [0, 0.05) is 28.5 Å². The number of methoxy groups -OCH3 is 3. The van der Waals surface area contributed by atoms with Gasteiger partial charge in [-0.3, -0.25) is 4.99 Å². The molecule has 0 saturated heterocycles. The molecule has 0 heterocycles. The SMILES string of the molecule is COc1ccc(CC(N=Cc2cc(C)cc(C(C)(C)C)c2O)C(O)(c2cc(C(C)(C)C)ccc2OC)c2cc(C(C)(C)C)ccc2OC)cc1. The van der Waals surface area contributed by atoms with Crippen LogP contribution in [0.4, 0.5) is 0 Å². The first-order valence-corrected chi connectivity index (χ1v) is 17.3. The molecule has 1 unspecified atom stereocenters. The molecule has 0 amide bonds. The van der Waals surface area contributed by atoms with Gasteiger partial charge in [-0.1, -0.05) is 92.6 Å². The number of aryl methyl sites for hydroxylation is 1. The molecule has 0 aliphatic carbocycles. The Balaban J connectivity index is 2.14. The monoisotopic (exact) mass is 679 g/mol. The lowest BCUT2D eigenvalue weighted by atomic mass is 9.73. The number of benzene rings is 4. The summed E-state index contributed by atoms with van der Waals surface area (Å²) < 4.78 is 17.5. The molecule has 268 valence electrons. The summed E-state index contributed by atoms with van der Waals surface area (Å²) in [5, 5.41) is 25.4. The minimum absolute atomic E-state index is 0.179. The number of ether oxygens (including phenoxy) is 3. The van der Waals surface area contributed by atoms with Gasteiger partial charge in [-0.15, -0.1) is 0 Å². The third-order valence-electron chi connectivity index (χ3n) is 9.51. The highest BCUT2D eigenvalue weighted by molar-refractivity contribution is 5.85. The highest BCUT2D eigenvalue weighted by Crippen LogP contribution is 2.47. The second-order valence-electron chi connectivity index (χ2n) is 16.4. The van der Waals surface area contributed by atoms with E-state index in [1.165, 1.54) is 0 Å². The fourth-order valence-electron chi connectivity index (χ4n) is 6.39. The van der Waals surface area contributed by atoms with Crippen LogP contribution in [-0.4, -0.2) is 43.8 Å². The highest BCUT2D eigenvalue weighted by Gasteiger charge is 2.45. The predicted octanol–water partition coefficient (Wildman–Crippen LogP) is 9.59. The van der Waals surface area contributed by atoms with Crippen molar-refractivity contribution in [2.75, 3.05) is 21.3 Å². The molecule has 6 heteroatoms. The molecular formula is C44H57NO5. The van der Waals surface area contributed by atoms with E-state index in [0.717, 1.165) is 33.6 Å². The Kier molecular flexibility index (Phi) is 11.2. The molecule has 0 bridgehead atoms. The lowest BCUT2D eigenvalue weighted by Crippen LogP contribution is -2.42. The molecule has 0 spiro atoms. The molecule has 0 radical (unpaired) electrons. The minimum Gasteiger partial charge on any atom is -0.507 e. The fraction of sp³-hybridized carbons (Fsp3) is 0.432. The molecule has 0 fully saturated rings. The molecule has 0 saturated carbocycles. The lowest BCUT2D eigenvalue weighted by molar-refractivity contribution is 0.0475. The molecule has 0 aromatic heterocycles. The summed E-state index contributed by atoms with van der Waals surface area (Å²) >= 11 is 0. The summed E-state index contributed by atoms with van der Waals surface area (Å²) in [6, 6.07) is 23.0. The molecule has 0 aliphatic heterocycles. The molecule has 0 aliphatic rings. The van der Waals surface area contributed by atoms with Crippen molar-refractivity contribution in [1.29, 1.82) is 0 Å². The first-order chi connectivity index (χ1) is 23.2. The van der Waals surface area contributed by atoms with E-state index in [1.54, 1.807) is 27.5 Å². The zero-order valence-electron chi connectivity index (χ0n) is 32.4. The second-order valence-corrected chi connectivity index (χ2v) is 16.4. The van der Waals surface area contributed by atoms with Crippen molar-refractivity contribution in [3.05, 3.63) is 117 Å². The summed E-state index contributed by atoms with van der Waals surface area (Å²) in [7, 11) is 4.89. The maximum Gasteiger partial charge on any atom is 0.144 e. The molecule has 1 atom stereocenters. The van der Waals surface area contributed by atoms with Crippen LogP contribution in [-0.2, 0) is 28.3 Å². The number of aliphatic hydroxyl groups is 1. The summed E-state index contributed by atoms with van der Waals surface area (Å²) in [5.41, 5.74) is 4.13. The highest BCUT2D eigenvalue weighted by atomic mass is 16.5. The van der Waals surface area contributed by atoms with Gasteiger partial charge in [0.2, 0.25) is 0 Å². The van der Waals surface area contributed by atoms with Crippen LogP contribution in [0.25, 0.3) is 0 Å². The number of phenolic OH excluding ortho intramolecular Hbond substituents is 1. The van der Waals surface area contributed by atoms with Gasteiger partial charge in [-0.25, -0.2) is 0 Å². The number of phenols is 1. The molecule has 50 heavy (non-hydrogen) atoms. The number of hydrogen-bond acceptors (Lipinski definition) is 6. The van der Waals surface area contributed by atoms with Gasteiger partial charge in [0.1, 0.15) is 28.6 Å². The Morgan fingerprint density at radius 2 is 1.14 bits per heavy atom. The van der Waals surface area contributed by atoms with Crippen LogP contribution in [0.15, 0.2) is 77.8 Å². The summed E-state index contributed by atoms with van der Waals surface area (Å²) in [6.45, 7) is 21.2. The van der Waals surface area contributed by atoms with Crippen molar-refractivity contribution in [2.24, 2.45) is 4.99 Å². The van der Waals surface area contributed by atoms with Gasteiger partial charge in [0.15, 0.2) is 0 Å². The number of hydrogen-bond donors (Lipinski definition) is 2. The number of aliphatic imine (C=N–C) groups is 1. The molecule has 4 rings (SSSR count). The molecular weight excluding hydrogens is 622 g/mol. The third kappa shape index (κ3) is 8.18. The van der Waals surface area contributed by atoms with E-state index in [1.807, 2.05) is 79.7 Å². The zero-order valence-corrected chi connectivity index (χ0v) is 32.4. The minimum atomic E-state index is -1.76. The number of rotatable bonds is 10. The van der Waals surface area contributed by atoms with Crippen LogP contribution in [0.2, 0.25) is 0 Å². The second kappa shape index (κ2) is 14.5. The zero-order chi connectivity index (χ0) is 37.2. The molecule has 4 aromatic carbocycles. The Hall–Kier alpha value is -4.29. The third-order valence-corrected chi connectivity index (χ3v) is 9.51. The van der Waals surface area contributed by atoms with E-state index >= 15 is 0 Å². The average molecular weight is 680 g/mol. The Bertz CT molecular complexity index is 1750. The van der Waals surface area contributed by atoms with Crippen LogP contribution < -0.4 is 14.2 Å². The largest absolute Gasteiger partial charge is 0.507 e. The van der Waals surface area contributed by atoms with Crippen LogP contribution >= 0.6 is 0 Å². The summed E-state index contributed by atoms with van der Waals surface area (Å²) in [4.78, 5) is 5.24. The maximum absolute atomic E-state index is 13.8. The van der Waals surface area contributed by atoms with Gasteiger partial charge in [-0.05, 0) is 94.3 Å². The smallest absolute Gasteiger partial charge is 0.144 e. The Labute approximate surface area is 300 Å². The Morgan fingerprint density at radius 1 is 0.640 bits per heavy atom. The van der Waals surface area contributed by atoms with Crippen molar-refractivity contribution in [2.45, 2.75) is 104 Å². The molecule has 6 nitrogen and oxygen atoms in total. The normalized spacial score (nSPS) is 13.4. The van der Waals surface area contributed by atoms with E-state index in [9.17, 15) is 10.2 Å². The van der Waals surface area contributed by atoms with Crippen molar-refractivity contribution in [1.82, 2.24) is 0 Å². The first kappa shape index (κ1) is 38.5. The van der Waals surface area contributed by atoms with E-state index in [2.05, 4.69) is 62.3 Å². The van der Waals surface area contributed by atoms with E-state index in [4.69, 9.17) is 19.2 Å². The van der Waals surface area contributed by atoms with E-state index in [-0.39, 0.29) is 22.0 Å². The van der Waals surface area contributed by atoms with Gasteiger partial charge >= 0.3 is 0 Å². The van der Waals surface area contributed by atoms with E-state index < -0.39 is 11.6 Å². The van der Waals surface area contributed by atoms with Crippen LogP contribution in [0.1, 0.15) is 107 Å². The standard InChI is InChI=1S/C44H57NO5/c1-28-22-30(40(46)36(23-28)43(8,9)10)27-45-39(24-29-14-18-33(48-11)19-15-29)44(47,34-25-31(41(2,3)4)16-20-37(34)49-12)35-26-32(42(5,6)7)17-21-38(35)50-13/h14-23,25-27,39,46-47H,24H2,1-13H3.